The summed E-state index contributed by atoms with van der Waals surface area (Å²) in [4.78, 5) is 0. The molecule has 0 fully saturated rings. The van der Waals surface area contributed by atoms with Gasteiger partial charge in [-0.25, -0.2) is 0 Å². The van der Waals surface area contributed by atoms with Crippen LogP contribution in [0.5, 0.6) is 0 Å². The van der Waals surface area contributed by atoms with Crippen molar-refractivity contribution in [3.8, 4) is 0 Å². The topological polar surface area (TPSA) is 0 Å². The van der Waals surface area contributed by atoms with E-state index in [0.717, 1.165) is 5.92 Å². The van der Waals surface area contributed by atoms with Gasteiger partial charge in [-0.2, -0.15) is 0 Å². The Morgan fingerprint density at radius 1 is 1.33 bits per heavy atom. The monoisotopic (exact) mass is 168 g/mol. The molecule has 0 radical (unpaired) electrons. The lowest BCUT2D eigenvalue weighted by Crippen LogP contribution is -2.18. The fraction of sp³-hybridized carbons (Fsp3) is 0.833. The van der Waals surface area contributed by atoms with Gasteiger partial charge in [-0.05, 0) is 24.7 Å². The van der Waals surface area contributed by atoms with Crippen molar-refractivity contribution < 1.29 is 0 Å². The van der Waals surface area contributed by atoms with Crippen molar-refractivity contribution in [3.05, 3.63) is 12.2 Å². The zero-order valence-corrected chi connectivity index (χ0v) is 9.35. The van der Waals surface area contributed by atoms with Gasteiger partial charge in [-0.1, -0.05) is 52.7 Å². The fourth-order valence-electron chi connectivity index (χ4n) is 1.48. The normalized spacial score (nSPS) is 15.4. The van der Waals surface area contributed by atoms with Crippen molar-refractivity contribution in [1.82, 2.24) is 0 Å². The third-order valence-electron chi connectivity index (χ3n) is 2.86. The van der Waals surface area contributed by atoms with Crippen molar-refractivity contribution >= 4 is 0 Å². The first-order valence-electron chi connectivity index (χ1n) is 5.18. The van der Waals surface area contributed by atoms with Gasteiger partial charge in [-0.15, -0.1) is 0 Å². The molecule has 0 aromatic rings. The molecule has 0 bridgehead atoms. The molecule has 0 rings (SSSR count). The summed E-state index contributed by atoms with van der Waals surface area (Å²) in [5, 5.41) is 0. The average molecular weight is 168 g/mol. The second-order valence-corrected chi connectivity index (χ2v) is 4.36. The van der Waals surface area contributed by atoms with Gasteiger partial charge in [0.1, 0.15) is 0 Å². The van der Waals surface area contributed by atoms with Crippen LogP contribution in [0.4, 0.5) is 0 Å². The summed E-state index contributed by atoms with van der Waals surface area (Å²) in [6, 6.07) is 0. The number of unbranched alkanes of at least 4 members (excludes halogenated alkanes) is 1. The van der Waals surface area contributed by atoms with Crippen LogP contribution in [0.15, 0.2) is 12.2 Å². The Hall–Kier alpha value is -0.260. The van der Waals surface area contributed by atoms with Crippen molar-refractivity contribution in [2.75, 3.05) is 0 Å². The number of hydrogen-bond donors (Lipinski definition) is 0. The Kier molecular flexibility index (Phi) is 5.28. The van der Waals surface area contributed by atoms with Crippen molar-refractivity contribution in [2.24, 2.45) is 11.3 Å². The van der Waals surface area contributed by atoms with Crippen molar-refractivity contribution in [2.45, 2.75) is 53.9 Å². The molecule has 0 aliphatic rings. The Labute approximate surface area is 78.1 Å². The van der Waals surface area contributed by atoms with E-state index in [2.05, 4.69) is 46.8 Å². The van der Waals surface area contributed by atoms with Crippen LogP contribution in [-0.4, -0.2) is 0 Å². The van der Waals surface area contributed by atoms with Crippen LogP contribution in [0.1, 0.15) is 53.9 Å². The van der Waals surface area contributed by atoms with Crippen LogP contribution in [0.2, 0.25) is 0 Å². The Morgan fingerprint density at radius 3 is 2.33 bits per heavy atom. The van der Waals surface area contributed by atoms with E-state index >= 15 is 0 Å². The molecule has 0 heterocycles. The SMILES string of the molecule is CC=CC(C)(C)C(C)CCCC. The summed E-state index contributed by atoms with van der Waals surface area (Å²) in [6.07, 6.45) is 8.53. The molecule has 72 valence electrons. The maximum absolute atomic E-state index is 2.36. The van der Waals surface area contributed by atoms with E-state index in [0.29, 0.717) is 5.41 Å². The Bertz CT molecular complexity index is 131. The van der Waals surface area contributed by atoms with Gasteiger partial charge < -0.3 is 0 Å². The van der Waals surface area contributed by atoms with Crippen LogP contribution < -0.4 is 0 Å². The molecular formula is C12H24. The first kappa shape index (κ1) is 11.7. The first-order valence-corrected chi connectivity index (χ1v) is 5.18. The lowest BCUT2D eigenvalue weighted by Gasteiger charge is -2.28. The predicted molar refractivity (Wildman–Crippen MR) is 57.3 cm³/mol. The molecule has 0 aromatic heterocycles. The molecular weight excluding hydrogens is 144 g/mol. The van der Waals surface area contributed by atoms with Crippen molar-refractivity contribution in [3.63, 3.8) is 0 Å². The van der Waals surface area contributed by atoms with E-state index in [1.807, 2.05) is 0 Å². The molecule has 0 saturated carbocycles. The van der Waals surface area contributed by atoms with Gasteiger partial charge in [0.05, 0.1) is 0 Å². The highest BCUT2D eigenvalue weighted by molar-refractivity contribution is 4.95. The summed E-state index contributed by atoms with van der Waals surface area (Å²) in [7, 11) is 0. The van der Waals surface area contributed by atoms with E-state index < -0.39 is 0 Å². The lowest BCUT2D eigenvalue weighted by molar-refractivity contribution is 0.283. The minimum atomic E-state index is 0.379. The Balaban J connectivity index is 3.96. The molecule has 0 spiro atoms. The quantitative estimate of drug-likeness (QED) is 0.533. The summed E-state index contributed by atoms with van der Waals surface area (Å²) in [5.41, 5.74) is 0.379. The van der Waals surface area contributed by atoms with E-state index in [9.17, 15) is 0 Å². The van der Waals surface area contributed by atoms with Crippen LogP contribution in [-0.2, 0) is 0 Å². The molecule has 0 N–H and O–H groups in total. The molecule has 0 aromatic carbocycles. The minimum absolute atomic E-state index is 0.379. The van der Waals surface area contributed by atoms with Gasteiger partial charge in [0, 0.05) is 0 Å². The van der Waals surface area contributed by atoms with Gasteiger partial charge >= 0.3 is 0 Å². The maximum atomic E-state index is 2.36. The second-order valence-electron chi connectivity index (χ2n) is 4.36. The van der Waals surface area contributed by atoms with Crippen LogP contribution >= 0.6 is 0 Å². The number of rotatable bonds is 5. The van der Waals surface area contributed by atoms with Crippen LogP contribution in [0.3, 0.4) is 0 Å². The first-order chi connectivity index (χ1) is 5.54. The van der Waals surface area contributed by atoms with E-state index in [-0.39, 0.29) is 0 Å². The molecule has 1 atom stereocenters. The minimum Gasteiger partial charge on any atom is -0.0911 e. The molecule has 0 aliphatic carbocycles. The van der Waals surface area contributed by atoms with Crippen molar-refractivity contribution in [1.29, 1.82) is 0 Å². The van der Waals surface area contributed by atoms with E-state index in [1.54, 1.807) is 0 Å². The van der Waals surface area contributed by atoms with Gasteiger partial charge in [0.25, 0.3) is 0 Å². The standard InChI is InChI=1S/C12H24/c1-6-8-9-11(3)12(4,5)10-7-2/h7,10-11H,6,8-9H2,1-5H3. The highest BCUT2D eigenvalue weighted by atomic mass is 14.3. The van der Waals surface area contributed by atoms with Gasteiger partial charge in [0.15, 0.2) is 0 Å². The molecule has 0 amide bonds. The molecule has 0 saturated heterocycles. The highest BCUT2D eigenvalue weighted by Gasteiger charge is 2.21. The third-order valence-corrected chi connectivity index (χ3v) is 2.86. The third kappa shape index (κ3) is 3.94. The molecule has 0 aliphatic heterocycles. The van der Waals surface area contributed by atoms with E-state index in [4.69, 9.17) is 0 Å². The summed E-state index contributed by atoms with van der Waals surface area (Å²) in [6.45, 7) is 11.4. The Morgan fingerprint density at radius 2 is 1.92 bits per heavy atom. The molecule has 0 heteroatoms. The zero-order chi connectivity index (χ0) is 9.61. The van der Waals surface area contributed by atoms with Gasteiger partial charge in [0.2, 0.25) is 0 Å². The average Bonchev–Trinajstić information content (AvgIpc) is 2.00. The predicted octanol–water partition coefficient (Wildman–Crippen LogP) is 4.42. The van der Waals surface area contributed by atoms with E-state index in [1.165, 1.54) is 19.3 Å². The van der Waals surface area contributed by atoms with Crippen LogP contribution in [0.25, 0.3) is 0 Å². The molecule has 0 nitrogen and oxygen atoms in total. The maximum Gasteiger partial charge on any atom is -0.0149 e. The summed E-state index contributed by atoms with van der Waals surface area (Å²) < 4.78 is 0. The number of allylic oxidation sites excluding steroid dienone is 2. The highest BCUT2D eigenvalue weighted by Crippen LogP contribution is 2.31. The molecule has 1 unspecified atom stereocenters. The summed E-state index contributed by atoms with van der Waals surface area (Å²) >= 11 is 0. The molecule has 12 heavy (non-hydrogen) atoms. The number of hydrogen-bond acceptors (Lipinski definition) is 0. The largest absolute Gasteiger partial charge is 0.0911 e. The smallest absolute Gasteiger partial charge is 0.0149 e. The summed E-state index contributed by atoms with van der Waals surface area (Å²) in [5.74, 6) is 0.800. The zero-order valence-electron chi connectivity index (χ0n) is 9.35. The second kappa shape index (κ2) is 5.40. The van der Waals surface area contributed by atoms with Crippen LogP contribution in [0, 0.1) is 11.3 Å². The van der Waals surface area contributed by atoms with Gasteiger partial charge in [-0.3, -0.25) is 0 Å². The lowest BCUT2D eigenvalue weighted by atomic mass is 9.77. The fourth-order valence-corrected chi connectivity index (χ4v) is 1.48.